The first-order valence-electron chi connectivity index (χ1n) is 13.0. The number of amides is 2. The highest BCUT2D eigenvalue weighted by Gasteiger charge is 2.26. The number of nitrogens with one attached hydrogen (secondary N) is 3. The van der Waals surface area contributed by atoms with Crippen molar-refractivity contribution in [1.82, 2.24) is 5.32 Å². The van der Waals surface area contributed by atoms with E-state index in [2.05, 4.69) is 16.0 Å². The second kappa shape index (κ2) is 14.0. The van der Waals surface area contributed by atoms with Crippen LogP contribution in [0.2, 0.25) is 5.02 Å². The molecule has 0 spiro atoms. The Kier molecular flexibility index (Phi) is 10.2. The molecular weight excluding hydrogens is 548 g/mol. The summed E-state index contributed by atoms with van der Waals surface area (Å²) in [4.78, 5) is 26.4. The Bertz CT molecular complexity index is 1420. The summed E-state index contributed by atoms with van der Waals surface area (Å²) in [6.07, 6.45) is 0.801. The summed E-state index contributed by atoms with van der Waals surface area (Å²) in [6, 6.07) is 17.2. The van der Waals surface area contributed by atoms with Crippen molar-refractivity contribution < 1.29 is 28.9 Å². The topological polar surface area (TPSA) is 144 Å². The van der Waals surface area contributed by atoms with E-state index in [9.17, 15) is 14.7 Å². The smallest absolute Gasteiger partial charge is 0.256 e. The average Bonchev–Trinajstić information content (AvgIpc) is 2.98. The van der Waals surface area contributed by atoms with Gasteiger partial charge in [0, 0.05) is 30.0 Å². The third-order valence-electron chi connectivity index (χ3n) is 6.48. The van der Waals surface area contributed by atoms with Gasteiger partial charge in [0.25, 0.3) is 11.8 Å². The number of carbonyl (C=O) groups excluding carboxylic acids is 2. The third-order valence-corrected chi connectivity index (χ3v) is 6.81. The first kappa shape index (κ1) is 29.9. The van der Waals surface area contributed by atoms with Crippen LogP contribution in [-0.4, -0.2) is 57.1 Å². The van der Waals surface area contributed by atoms with E-state index in [1.54, 1.807) is 31.4 Å². The van der Waals surface area contributed by atoms with Gasteiger partial charge in [-0.05, 0) is 48.9 Å². The second-order valence-corrected chi connectivity index (χ2v) is 9.65. The number of methoxy groups -OCH3 is 2. The molecule has 1 aliphatic heterocycles. The van der Waals surface area contributed by atoms with E-state index < -0.39 is 12.1 Å². The Morgan fingerprint density at radius 1 is 1.05 bits per heavy atom. The van der Waals surface area contributed by atoms with Crippen LogP contribution in [0.5, 0.6) is 11.5 Å². The number of hydrogen-bond donors (Lipinski definition) is 5. The van der Waals surface area contributed by atoms with Crippen LogP contribution in [0, 0.1) is 0 Å². The molecular formula is C30H33ClN4O6. The molecule has 3 aromatic rings. The minimum atomic E-state index is -1.30. The molecule has 6 N–H and O–H groups in total. The summed E-state index contributed by atoms with van der Waals surface area (Å²) in [5.41, 5.74) is 8.45. The summed E-state index contributed by atoms with van der Waals surface area (Å²) in [5, 5.41) is 19.5. The number of hydrogen-bond acceptors (Lipinski definition) is 8. The number of benzene rings is 3. The highest BCUT2D eigenvalue weighted by Crippen LogP contribution is 2.38. The monoisotopic (exact) mass is 580 g/mol. The number of aliphatic hydroxyl groups is 1. The Morgan fingerprint density at radius 2 is 1.83 bits per heavy atom. The van der Waals surface area contributed by atoms with Crippen LogP contribution in [0.1, 0.15) is 33.9 Å². The Morgan fingerprint density at radius 3 is 2.54 bits per heavy atom. The van der Waals surface area contributed by atoms with E-state index >= 15 is 0 Å². The fraction of sp³-hybridized carbons (Fsp3) is 0.267. The van der Waals surface area contributed by atoms with Crippen LogP contribution < -0.4 is 31.2 Å². The van der Waals surface area contributed by atoms with E-state index in [4.69, 9.17) is 31.5 Å². The molecule has 1 aliphatic rings. The number of nitrogens with two attached hydrogens (primary N) is 1. The predicted octanol–water partition coefficient (Wildman–Crippen LogP) is 3.96. The second-order valence-electron chi connectivity index (χ2n) is 9.24. The van der Waals surface area contributed by atoms with Crippen molar-refractivity contribution in [3.63, 3.8) is 0 Å². The van der Waals surface area contributed by atoms with Gasteiger partial charge in [0.05, 0.1) is 36.0 Å². The molecule has 2 unspecified atom stereocenters. The largest absolute Gasteiger partial charge is 0.493 e. The third kappa shape index (κ3) is 7.36. The average molecular weight is 581 g/mol. The molecule has 4 rings (SSSR count). The molecule has 0 saturated carbocycles. The molecule has 10 nitrogen and oxygen atoms in total. The van der Waals surface area contributed by atoms with Crippen molar-refractivity contribution in [3.8, 4) is 11.5 Å². The van der Waals surface area contributed by atoms with E-state index in [-0.39, 0.29) is 28.2 Å². The van der Waals surface area contributed by atoms with Gasteiger partial charge in [-0.3, -0.25) is 9.59 Å². The first-order chi connectivity index (χ1) is 19.8. The SMILES string of the molecule is COCCOc1cc2c(cc1OC)NC(O)C(C(=O)Nc1cc(C(=O)NC(CCN)c3ccccc3)ccc1Cl)=C2. The summed E-state index contributed by atoms with van der Waals surface area (Å²) in [6.45, 7) is 1.09. The molecule has 0 fully saturated rings. The fourth-order valence-electron chi connectivity index (χ4n) is 4.36. The van der Waals surface area contributed by atoms with Crippen LogP contribution in [0.15, 0.2) is 66.2 Å². The van der Waals surface area contributed by atoms with Gasteiger partial charge >= 0.3 is 0 Å². The van der Waals surface area contributed by atoms with E-state index in [0.29, 0.717) is 54.5 Å². The normalized spacial score (nSPS) is 14.7. The molecule has 0 radical (unpaired) electrons. The van der Waals surface area contributed by atoms with Crippen molar-refractivity contribution in [2.45, 2.75) is 18.7 Å². The van der Waals surface area contributed by atoms with Gasteiger partial charge < -0.3 is 41.0 Å². The lowest BCUT2D eigenvalue weighted by molar-refractivity contribution is -0.113. The van der Waals surface area contributed by atoms with Crippen LogP contribution in [0.25, 0.3) is 6.08 Å². The number of ether oxygens (including phenoxy) is 3. The molecule has 3 aromatic carbocycles. The molecule has 0 bridgehead atoms. The summed E-state index contributed by atoms with van der Waals surface area (Å²) in [5.74, 6) is -0.0219. The minimum absolute atomic E-state index is 0.0449. The standard InChI is InChI=1S/C30H33ClN4O6/c1-39-12-13-41-27-16-20-14-21(29(37)34-24(20)17-26(27)40-2)30(38)35-25-15-19(8-9-22(25)31)28(36)33-23(10-11-32)18-6-4-3-5-7-18/h3-9,14-17,23,29,34,37H,10-13,32H2,1-2H3,(H,33,36)(H,35,38). The van der Waals surface area contributed by atoms with Crippen LogP contribution in [0.3, 0.4) is 0 Å². The van der Waals surface area contributed by atoms with Gasteiger partial charge in [-0.25, -0.2) is 0 Å². The van der Waals surface area contributed by atoms with Gasteiger partial charge in [-0.2, -0.15) is 0 Å². The first-order valence-corrected chi connectivity index (χ1v) is 13.4. The molecule has 2 amide bonds. The molecule has 0 saturated heterocycles. The lowest BCUT2D eigenvalue weighted by atomic mass is 10.0. The Hall–Kier alpha value is -4.09. The van der Waals surface area contributed by atoms with E-state index in [1.165, 1.54) is 19.2 Å². The molecule has 11 heteroatoms. The highest BCUT2D eigenvalue weighted by atomic mass is 35.5. The number of aliphatic hydroxyl groups excluding tert-OH is 1. The lowest BCUT2D eigenvalue weighted by Gasteiger charge is -2.25. The number of halogens is 1. The number of anilines is 2. The summed E-state index contributed by atoms with van der Waals surface area (Å²) in [7, 11) is 3.08. The van der Waals surface area contributed by atoms with Crippen molar-refractivity contribution in [1.29, 1.82) is 0 Å². The summed E-state index contributed by atoms with van der Waals surface area (Å²) < 4.78 is 16.2. The lowest BCUT2D eigenvalue weighted by Crippen LogP contribution is -2.32. The van der Waals surface area contributed by atoms with Crippen LogP contribution >= 0.6 is 11.6 Å². The summed E-state index contributed by atoms with van der Waals surface area (Å²) >= 11 is 6.37. The van der Waals surface area contributed by atoms with E-state index in [1.807, 2.05) is 30.3 Å². The van der Waals surface area contributed by atoms with Crippen molar-refractivity contribution >= 4 is 40.9 Å². The molecule has 2 atom stereocenters. The minimum Gasteiger partial charge on any atom is -0.493 e. The van der Waals surface area contributed by atoms with E-state index in [0.717, 1.165) is 5.56 Å². The molecule has 0 aliphatic carbocycles. The Balaban J connectivity index is 1.53. The van der Waals surface area contributed by atoms with Crippen molar-refractivity contribution in [3.05, 3.63) is 87.9 Å². The number of rotatable bonds is 12. The van der Waals surface area contributed by atoms with Gasteiger partial charge in [0.2, 0.25) is 0 Å². The number of carbonyl (C=O) groups is 2. The highest BCUT2D eigenvalue weighted by molar-refractivity contribution is 6.34. The maximum atomic E-state index is 13.3. The van der Waals surface area contributed by atoms with Crippen molar-refractivity contribution in [2.75, 3.05) is 44.6 Å². The van der Waals surface area contributed by atoms with Gasteiger partial charge in [0.1, 0.15) is 6.61 Å². The van der Waals surface area contributed by atoms with Crippen molar-refractivity contribution in [2.24, 2.45) is 5.73 Å². The van der Waals surface area contributed by atoms with Crippen LogP contribution in [0.4, 0.5) is 11.4 Å². The molecule has 1 heterocycles. The van der Waals surface area contributed by atoms with Crippen LogP contribution in [-0.2, 0) is 9.53 Å². The zero-order valence-electron chi connectivity index (χ0n) is 22.8. The van der Waals surface area contributed by atoms with Gasteiger partial charge in [-0.1, -0.05) is 41.9 Å². The molecule has 0 aromatic heterocycles. The number of fused-ring (bicyclic) bond motifs is 1. The Labute approximate surface area is 243 Å². The quantitative estimate of drug-likeness (QED) is 0.203. The zero-order valence-corrected chi connectivity index (χ0v) is 23.5. The molecule has 41 heavy (non-hydrogen) atoms. The van der Waals surface area contributed by atoms with Gasteiger partial charge in [0.15, 0.2) is 17.7 Å². The maximum absolute atomic E-state index is 13.3. The molecule has 216 valence electrons. The maximum Gasteiger partial charge on any atom is 0.256 e. The zero-order chi connectivity index (χ0) is 29.4. The predicted molar refractivity (Wildman–Crippen MR) is 158 cm³/mol. The van der Waals surface area contributed by atoms with Gasteiger partial charge in [-0.15, -0.1) is 0 Å². The fourth-order valence-corrected chi connectivity index (χ4v) is 4.53.